The third-order valence-electron chi connectivity index (χ3n) is 4.93. The van der Waals surface area contributed by atoms with E-state index < -0.39 is 0 Å². The molecule has 4 rings (SSSR count). The lowest BCUT2D eigenvalue weighted by Crippen LogP contribution is -2.26. The van der Waals surface area contributed by atoms with Gasteiger partial charge in [0.1, 0.15) is 5.82 Å². The third kappa shape index (κ3) is 4.69. The second kappa shape index (κ2) is 9.09. The first-order chi connectivity index (χ1) is 14.6. The van der Waals surface area contributed by atoms with Crippen molar-refractivity contribution >= 4 is 32.9 Å². The van der Waals surface area contributed by atoms with Gasteiger partial charge < -0.3 is 9.88 Å². The van der Waals surface area contributed by atoms with E-state index in [-0.39, 0.29) is 5.91 Å². The van der Waals surface area contributed by atoms with E-state index >= 15 is 0 Å². The summed E-state index contributed by atoms with van der Waals surface area (Å²) in [6.07, 6.45) is 0.334. The molecule has 0 atom stereocenters. The zero-order valence-electron chi connectivity index (χ0n) is 16.5. The van der Waals surface area contributed by atoms with Crippen molar-refractivity contribution in [3.05, 3.63) is 101 Å². The van der Waals surface area contributed by atoms with E-state index in [0.717, 1.165) is 32.5 Å². The van der Waals surface area contributed by atoms with Gasteiger partial charge in [0.05, 0.1) is 30.5 Å². The number of hydrogen-bond acceptors (Lipinski definition) is 2. The van der Waals surface area contributed by atoms with Crippen LogP contribution >= 0.6 is 15.9 Å². The van der Waals surface area contributed by atoms with Crippen molar-refractivity contribution in [3.63, 3.8) is 0 Å². The number of nitrogens with one attached hydrogen (secondary N) is 1. The Kier molecular flexibility index (Phi) is 6.10. The van der Waals surface area contributed by atoms with Crippen LogP contribution in [0.4, 0.5) is 0 Å². The molecular weight excluding hydrogens is 438 g/mol. The summed E-state index contributed by atoms with van der Waals surface area (Å²) in [4.78, 5) is 17.2. The van der Waals surface area contributed by atoms with Gasteiger partial charge in [-0.2, -0.15) is 0 Å². The van der Waals surface area contributed by atoms with Crippen LogP contribution in [0.2, 0.25) is 0 Å². The molecule has 0 spiro atoms. The number of fused-ring (bicyclic) bond motifs is 1. The van der Waals surface area contributed by atoms with Crippen LogP contribution in [0.15, 0.2) is 89.9 Å². The summed E-state index contributed by atoms with van der Waals surface area (Å²) in [5, 5.41) is 3.00. The molecule has 30 heavy (non-hydrogen) atoms. The van der Waals surface area contributed by atoms with Gasteiger partial charge in [-0.25, -0.2) is 4.98 Å². The average Bonchev–Trinajstić information content (AvgIpc) is 3.10. The summed E-state index contributed by atoms with van der Waals surface area (Å²) in [7, 11) is 0. The summed E-state index contributed by atoms with van der Waals surface area (Å²) in [6, 6.07) is 26.3. The minimum Gasteiger partial charge on any atom is -0.349 e. The molecule has 0 aliphatic carbocycles. The molecule has 0 aliphatic heterocycles. The maximum Gasteiger partial charge on any atom is 0.224 e. The third-order valence-corrected chi connectivity index (χ3v) is 5.18. The second-order valence-electron chi connectivity index (χ2n) is 7.14. The van der Waals surface area contributed by atoms with Crippen molar-refractivity contribution in [2.75, 3.05) is 0 Å². The van der Waals surface area contributed by atoms with Gasteiger partial charge in [0.2, 0.25) is 5.91 Å². The molecule has 0 aliphatic rings. The van der Waals surface area contributed by atoms with E-state index in [1.807, 2.05) is 54.6 Å². The maximum absolute atomic E-state index is 12.5. The zero-order valence-corrected chi connectivity index (χ0v) is 18.1. The quantitative estimate of drug-likeness (QED) is 0.398. The number of aromatic nitrogens is 2. The molecule has 150 valence electrons. The van der Waals surface area contributed by atoms with Crippen LogP contribution in [-0.4, -0.2) is 15.5 Å². The van der Waals surface area contributed by atoms with Crippen molar-refractivity contribution in [1.82, 2.24) is 14.9 Å². The Morgan fingerprint density at radius 3 is 2.33 bits per heavy atom. The molecule has 0 fully saturated rings. The smallest absolute Gasteiger partial charge is 0.224 e. The minimum atomic E-state index is -0.0289. The highest BCUT2D eigenvalue weighted by molar-refractivity contribution is 9.11. The Balaban J connectivity index is 1.42. The van der Waals surface area contributed by atoms with Gasteiger partial charge in [-0.05, 0) is 28.8 Å². The minimum absolute atomic E-state index is 0.0289. The Labute approximate surface area is 184 Å². The summed E-state index contributed by atoms with van der Waals surface area (Å²) in [5.41, 5.74) is 5.23. The topological polar surface area (TPSA) is 46.9 Å². The van der Waals surface area contributed by atoms with Crippen LogP contribution in [0.3, 0.4) is 0 Å². The average molecular weight is 460 g/mol. The number of allylic oxidation sites excluding steroid dienone is 1. The Morgan fingerprint density at radius 1 is 0.933 bits per heavy atom. The van der Waals surface area contributed by atoms with E-state index in [1.165, 1.54) is 5.56 Å². The number of para-hydroxylation sites is 2. The zero-order chi connectivity index (χ0) is 20.9. The molecule has 3 aromatic carbocycles. The number of hydrogen-bond donors (Lipinski definition) is 1. The molecule has 0 saturated carbocycles. The Bertz CT molecular complexity index is 1180. The largest absolute Gasteiger partial charge is 0.349 e. The molecule has 5 heteroatoms. The van der Waals surface area contributed by atoms with E-state index in [1.54, 1.807) is 0 Å². The predicted molar refractivity (Wildman–Crippen MR) is 125 cm³/mol. The molecule has 0 saturated heterocycles. The Morgan fingerprint density at radius 2 is 1.60 bits per heavy atom. The first-order valence-corrected chi connectivity index (χ1v) is 10.6. The molecule has 0 unspecified atom stereocenters. The number of benzene rings is 3. The lowest BCUT2D eigenvalue weighted by molar-refractivity contribution is -0.120. The SMILES string of the molecule is C=C(Br)Cn1c(CNC(=O)Cc2ccc(-c3ccccc3)cc2)nc2ccccc21. The highest BCUT2D eigenvalue weighted by atomic mass is 79.9. The van der Waals surface area contributed by atoms with Crippen LogP contribution in [-0.2, 0) is 24.3 Å². The second-order valence-corrected chi connectivity index (χ2v) is 8.26. The van der Waals surface area contributed by atoms with Gasteiger partial charge >= 0.3 is 0 Å². The predicted octanol–water partition coefficient (Wildman–Crippen LogP) is 5.47. The van der Waals surface area contributed by atoms with Crippen LogP contribution in [0.25, 0.3) is 22.2 Å². The molecule has 0 radical (unpaired) electrons. The fourth-order valence-electron chi connectivity index (χ4n) is 3.48. The first kappa shape index (κ1) is 20.1. The summed E-state index contributed by atoms with van der Waals surface area (Å²) in [6.45, 7) is 4.91. The van der Waals surface area contributed by atoms with Gasteiger partial charge in [0.25, 0.3) is 0 Å². The van der Waals surface area contributed by atoms with Crippen LogP contribution in [0.5, 0.6) is 0 Å². The molecule has 1 N–H and O–H groups in total. The number of amides is 1. The van der Waals surface area contributed by atoms with E-state index in [0.29, 0.717) is 19.5 Å². The lowest BCUT2D eigenvalue weighted by atomic mass is 10.0. The fraction of sp³-hybridized carbons (Fsp3) is 0.120. The van der Waals surface area contributed by atoms with Crippen molar-refractivity contribution in [2.24, 2.45) is 0 Å². The first-order valence-electron chi connectivity index (χ1n) is 9.78. The van der Waals surface area contributed by atoms with Crippen LogP contribution < -0.4 is 5.32 Å². The molecule has 1 amide bonds. The van der Waals surface area contributed by atoms with Gasteiger partial charge in [-0.1, -0.05) is 89.2 Å². The summed E-state index contributed by atoms with van der Waals surface area (Å²) < 4.78 is 2.93. The lowest BCUT2D eigenvalue weighted by Gasteiger charge is -2.10. The van der Waals surface area contributed by atoms with Crippen LogP contribution in [0.1, 0.15) is 11.4 Å². The maximum atomic E-state index is 12.5. The number of nitrogens with zero attached hydrogens (tertiary/aromatic N) is 2. The monoisotopic (exact) mass is 459 g/mol. The highest BCUT2D eigenvalue weighted by Crippen LogP contribution is 2.20. The highest BCUT2D eigenvalue weighted by Gasteiger charge is 2.12. The van der Waals surface area contributed by atoms with E-state index in [4.69, 9.17) is 0 Å². The van der Waals surface area contributed by atoms with Crippen molar-refractivity contribution in [2.45, 2.75) is 19.5 Å². The molecule has 4 aromatic rings. The van der Waals surface area contributed by atoms with Gasteiger partial charge in [0, 0.05) is 4.48 Å². The van der Waals surface area contributed by atoms with Gasteiger partial charge in [-0.3, -0.25) is 4.79 Å². The van der Waals surface area contributed by atoms with Gasteiger partial charge in [0.15, 0.2) is 0 Å². The Hall–Kier alpha value is -3.18. The molecular formula is C25H22BrN3O. The summed E-state index contributed by atoms with van der Waals surface area (Å²) in [5.74, 6) is 0.781. The van der Waals surface area contributed by atoms with E-state index in [9.17, 15) is 4.79 Å². The number of carbonyl (C=O) groups is 1. The number of imidazole rings is 1. The van der Waals surface area contributed by atoms with Crippen molar-refractivity contribution in [3.8, 4) is 11.1 Å². The fourth-order valence-corrected chi connectivity index (χ4v) is 3.73. The number of rotatable bonds is 7. The standard InChI is InChI=1S/C25H22BrN3O/c1-18(26)17-29-23-10-6-5-9-22(23)28-24(29)16-27-25(30)15-19-11-13-21(14-12-19)20-7-3-2-4-8-20/h2-14H,1,15-17H2,(H,27,30). The van der Waals surface area contributed by atoms with Crippen molar-refractivity contribution < 1.29 is 4.79 Å². The van der Waals surface area contributed by atoms with Crippen LogP contribution in [0, 0.1) is 0 Å². The molecule has 1 aromatic heterocycles. The number of halogens is 1. The normalized spacial score (nSPS) is 10.8. The van der Waals surface area contributed by atoms with Crippen molar-refractivity contribution in [1.29, 1.82) is 0 Å². The van der Waals surface area contributed by atoms with Gasteiger partial charge in [-0.15, -0.1) is 0 Å². The van der Waals surface area contributed by atoms with E-state index in [2.05, 4.69) is 61.6 Å². The molecule has 0 bridgehead atoms. The molecule has 1 heterocycles. The summed E-state index contributed by atoms with van der Waals surface area (Å²) >= 11 is 3.43. The number of carbonyl (C=O) groups excluding carboxylic acids is 1. The molecule has 4 nitrogen and oxygen atoms in total.